The molecule has 6 heteroatoms. The lowest BCUT2D eigenvalue weighted by Gasteiger charge is -2.13. The van der Waals surface area contributed by atoms with Crippen molar-refractivity contribution in [1.29, 1.82) is 0 Å². The van der Waals surface area contributed by atoms with Gasteiger partial charge in [0.05, 0.1) is 5.75 Å². The lowest BCUT2D eigenvalue weighted by Crippen LogP contribution is -2.16. The van der Waals surface area contributed by atoms with Gasteiger partial charge in [0.25, 0.3) is 0 Å². The lowest BCUT2D eigenvalue weighted by atomic mass is 10.1. The van der Waals surface area contributed by atoms with E-state index in [0.29, 0.717) is 5.16 Å². The van der Waals surface area contributed by atoms with Crippen LogP contribution < -0.4 is 5.32 Å². The molecule has 2 aromatic carbocycles. The predicted molar refractivity (Wildman–Crippen MR) is 106 cm³/mol. The van der Waals surface area contributed by atoms with Crippen LogP contribution in [-0.2, 0) is 4.79 Å². The highest BCUT2D eigenvalue weighted by atomic mass is 32.2. The molecule has 0 bridgehead atoms. The van der Waals surface area contributed by atoms with Crippen LogP contribution in [0.2, 0.25) is 0 Å². The number of hydrogen-bond donors (Lipinski definition) is 1. The summed E-state index contributed by atoms with van der Waals surface area (Å²) >= 11 is 1.37. The summed E-state index contributed by atoms with van der Waals surface area (Å²) in [5, 5.41) is 11.8. The van der Waals surface area contributed by atoms with Crippen LogP contribution in [0, 0.1) is 27.7 Å². The number of thioether (sulfide) groups is 1. The average molecular weight is 366 g/mol. The molecule has 0 aliphatic heterocycles. The zero-order valence-corrected chi connectivity index (χ0v) is 16.2. The lowest BCUT2D eigenvalue weighted by molar-refractivity contribution is -0.113. The summed E-state index contributed by atoms with van der Waals surface area (Å²) in [5.41, 5.74) is 6.40. The summed E-state index contributed by atoms with van der Waals surface area (Å²) in [6.07, 6.45) is 1.67. The van der Waals surface area contributed by atoms with Gasteiger partial charge in [0, 0.05) is 11.4 Å². The molecule has 0 radical (unpaired) electrons. The van der Waals surface area contributed by atoms with E-state index >= 15 is 0 Å². The average Bonchev–Trinajstić information content (AvgIpc) is 3.05. The van der Waals surface area contributed by atoms with Crippen molar-refractivity contribution in [3.8, 4) is 5.69 Å². The molecule has 1 amide bonds. The number of amides is 1. The molecule has 5 nitrogen and oxygen atoms in total. The van der Waals surface area contributed by atoms with E-state index < -0.39 is 0 Å². The molecule has 1 N–H and O–H groups in total. The van der Waals surface area contributed by atoms with Gasteiger partial charge in [0.2, 0.25) is 5.91 Å². The summed E-state index contributed by atoms with van der Waals surface area (Å²) in [7, 11) is 0. The van der Waals surface area contributed by atoms with Gasteiger partial charge >= 0.3 is 0 Å². The quantitative estimate of drug-likeness (QED) is 0.687. The zero-order chi connectivity index (χ0) is 18.7. The van der Waals surface area contributed by atoms with Crippen LogP contribution in [0.3, 0.4) is 0 Å². The number of nitrogens with one attached hydrogen (secondary N) is 1. The largest absolute Gasteiger partial charge is 0.325 e. The molecule has 134 valence electrons. The Hall–Kier alpha value is -2.60. The third-order valence-corrected chi connectivity index (χ3v) is 5.05. The monoisotopic (exact) mass is 366 g/mol. The van der Waals surface area contributed by atoms with E-state index in [2.05, 4.69) is 34.6 Å². The Kier molecular flexibility index (Phi) is 5.42. The number of hydrogen-bond acceptors (Lipinski definition) is 4. The fourth-order valence-electron chi connectivity index (χ4n) is 2.89. The van der Waals surface area contributed by atoms with E-state index in [9.17, 15) is 4.79 Å². The van der Waals surface area contributed by atoms with Gasteiger partial charge < -0.3 is 5.32 Å². The third-order valence-electron chi connectivity index (χ3n) is 4.10. The molecule has 0 atom stereocenters. The van der Waals surface area contributed by atoms with E-state index in [1.54, 1.807) is 6.33 Å². The maximum atomic E-state index is 12.4. The van der Waals surface area contributed by atoms with Gasteiger partial charge in [-0.2, -0.15) is 0 Å². The Bertz CT molecular complexity index is 908. The molecule has 0 aliphatic rings. The number of carbonyl (C=O) groups excluding carboxylic acids is 1. The SMILES string of the molecule is Cc1ccc(-n2cnnc2SCC(=O)Nc2c(C)cc(C)cc2C)cc1. The van der Waals surface area contributed by atoms with E-state index in [0.717, 1.165) is 22.5 Å². The highest BCUT2D eigenvalue weighted by Gasteiger charge is 2.12. The minimum Gasteiger partial charge on any atom is -0.325 e. The molecule has 0 fully saturated rings. The molecule has 0 spiro atoms. The van der Waals surface area contributed by atoms with Crippen molar-refractivity contribution >= 4 is 23.4 Å². The Morgan fingerprint density at radius 2 is 1.69 bits per heavy atom. The fraction of sp³-hybridized carbons (Fsp3) is 0.250. The Morgan fingerprint density at radius 3 is 2.35 bits per heavy atom. The zero-order valence-electron chi connectivity index (χ0n) is 15.4. The standard InChI is InChI=1S/C20H22N4OS/c1-13-5-7-17(8-6-13)24-12-21-23-20(24)26-11-18(25)22-19-15(3)9-14(2)10-16(19)4/h5-10,12H,11H2,1-4H3,(H,22,25). The van der Waals surface area contributed by atoms with Gasteiger partial charge in [-0.1, -0.05) is 47.2 Å². The summed E-state index contributed by atoms with van der Waals surface area (Å²) < 4.78 is 1.89. The number of aryl methyl sites for hydroxylation is 4. The first kappa shape index (κ1) is 18.2. The van der Waals surface area contributed by atoms with E-state index in [1.807, 2.05) is 49.6 Å². The summed E-state index contributed by atoms with van der Waals surface area (Å²) in [6.45, 7) is 8.12. The predicted octanol–water partition coefficient (Wildman–Crippen LogP) is 4.23. The van der Waals surface area contributed by atoms with Crippen molar-refractivity contribution < 1.29 is 4.79 Å². The molecule has 0 saturated heterocycles. The van der Waals surface area contributed by atoms with Gasteiger partial charge in [0.1, 0.15) is 6.33 Å². The van der Waals surface area contributed by atoms with Crippen molar-refractivity contribution in [2.75, 3.05) is 11.1 Å². The van der Waals surface area contributed by atoms with Crippen molar-refractivity contribution in [2.45, 2.75) is 32.9 Å². The normalized spacial score (nSPS) is 10.8. The van der Waals surface area contributed by atoms with Crippen LogP contribution in [-0.4, -0.2) is 26.4 Å². The third kappa shape index (κ3) is 4.14. The van der Waals surface area contributed by atoms with Crippen LogP contribution >= 0.6 is 11.8 Å². The topological polar surface area (TPSA) is 59.8 Å². The van der Waals surface area contributed by atoms with Crippen LogP contribution in [0.1, 0.15) is 22.3 Å². The Balaban J connectivity index is 1.68. The number of aromatic nitrogens is 3. The number of carbonyl (C=O) groups is 1. The second kappa shape index (κ2) is 7.74. The first-order valence-electron chi connectivity index (χ1n) is 8.41. The van der Waals surface area contributed by atoms with Gasteiger partial charge in [-0.05, 0) is 51.0 Å². The highest BCUT2D eigenvalue weighted by Crippen LogP contribution is 2.23. The number of benzene rings is 2. The molecule has 1 aromatic heterocycles. The number of anilines is 1. The summed E-state index contributed by atoms with van der Waals surface area (Å²) in [5.74, 6) is 0.223. The Labute approximate surface area is 157 Å². The van der Waals surface area contributed by atoms with Crippen molar-refractivity contribution in [3.63, 3.8) is 0 Å². The highest BCUT2D eigenvalue weighted by molar-refractivity contribution is 7.99. The first-order chi connectivity index (χ1) is 12.4. The molecular formula is C20H22N4OS. The first-order valence-corrected chi connectivity index (χ1v) is 9.40. The molecule has 0 aliphatic carbocycles. The van der Waals surface area contributed by atoms with E-state index in [1.165, 1.54) is 22.9 Å². The minimum absolute atomic E-state index is 0.0523. The van der Waals surface area contributed by atoms with Gasteiger partial charge in [-0.25, -0.2) is 0 Å². The molecule has 3 aromatic rings. The molecule has 1 heterocycles. The summed E-state index contributed by atoms with van der Waals surface area (Å²) in [4.78, 5) is 12.4. The Morgan fingerprint density at radius 1 is 1.04 bits per heavy atom. The fourth-order valence-corrected chi connectivity index (χ4v) is 3.62. The van der Waals surface area contributed by atoms with Crippen molar-refractivity contribution in [3.05, 3.63) is 65.0 Å². The molecule has 0 saturated carbocycles. The number of nitrogens with zero attached hydrogens (tertiary/aromatic N) is 3. The van der Waals surface area contributed by atoms with Crippen LogP contribution in [0.4, 0.5) is 5.69 Å². The smallest absolute Gasteiger partial charge is 0.234 e. The maximum Gasteiger partial charge on any atom is 0.234 e. The second-order valence-electron chi connectivity index (χ2n) is 6.43. The molecular weight excluding hydrogens is 344 g/mol. The summed E-state index contributed by atoms with van der Waals surface area (Å²) in [6, 6.07) is 12.3. The van der Waals surface area contributed by atoms with Gasteiger partial charge in [-0.15, -0.1) is 10.2 Å². The molecule has 3 rings (SSSR count). The van der Waals surface area contributed by atoms with Gasteiger partial charge in [0.15, 0.2) is 5.16 Å². The van der Waals surface area contributed by atoms with E-state index in [-0.39, 0.29) is 11.7 Å². The second-order valence-corrected chi connectivity index (χ2v) is 7.37. The van der Waals surface area contributed by atoms with Crippen molar-refractivity contribution in [2.24, 2.45) is 0 Å². The van der Waals surface area contributed by atoms with Crippen LogP contribution in [0.5, 0.6) is 0 Å². The van der Waals surface area contributed by atoms with Crippen molar-refractivity contribution in [1.82, 2.24) is 14.8 Å². The van der Waals surface area contributed by atoms with Crippen LogP contribution in [0.25, 0.3) is 5.69 Å². The minimum atomic E-state index is -0.0523. The van der Waals surface area contributed by atoms with E-state index in [4.69, 9.17) is 0 Å². The molecule has 26 heavy (non-hydrogen) atoms. The number of rotatable bonds is 5. The molecule has 0 unspecified atom stereocenters. The van der Waals surface area contributed by atoms with Crippen LogP contribution in [0.15, 0.2) is 47.9 Å². The van der Waals surface area contributed by atoms with Gasteiger partial charge in [-0.3, -0.25) is 9.36 Å². The maximum absolute atomic E-state index is 12.4.